The minimum absolute atomic E-state index is 0.0173. The number of carbonyl (C=O) groups is 1. The van der Waals surface area contributed by atoms with Crippen LogP contribution in [0.15, 0.2) is 6.07 Å². The van der Waals surface area contributed by atoms with Crippen LogP contribution in [0, 0.1) is 0 Å². The Morgan fingerprint density at radius 3 is 2.61 bits per heavy atom. The summed E-state index contributed by atoms with van der Waals surface area (Å²) >= 11 is 0. The number of hydrogen-bond acceptors (Lipinski definition) is 7. The number of nitrogens with zero attached hydrogens (tertiary/aromatic N) is 4. The smallest absolute Gasteiger partial charge is 0.241 e. The number of aromatic nitrogens is 2. The molecular weight excluding hydrogens is 234 g/mol. The molecule has 0 fully saturated rings. The first-order valence-corrected chi connectivity index (χ1v) is 5.54. The van der Waals surface area contributed by atoms with E-state index in [1.807, 2.05) is 6.92 Å². The summed E-state index contributed by atoms with van der Waals surface area (Å²) in [6, 6.07) is 1.64. The summed E-state index contributed by atoms with van der Waals surface area (Å²) in [7, 11) is 3.41. The third kappa shape index (κ3) is 3.45. The topological polar surface area (TPSA) is 113 Å². The monoisotopic (exact) mass is 253 g/mol. The molecule has 0 spiro atoms. The lowest BCUT2D eigenvalue weighted by Crippen LogP contribution is -2.37. The number of carbonyl (C=O) groups excluding carboxylic acids is 1. The SMILES string of the molecule is CCN(CC(=O)N(C)C)c1cc(NN)nc(N)n1. The van der Waals surface area contributed by atoms with Crippen molar-refractivity contribution in [1.29, 1.82) is 0 Å². The van der Waals surface area contributed by atoms with E-state index in [0.717, 1.165) is 0 Å². The predicted molar refractivity (Wildman–Crippen MR) is 70.8 cm³/mol. The molecule has 18 heavy (non-hydrogen) atoms. The van der Waals surface area contributed by atoms with E-state index in [1.165, 1.54) is 4.90 Å². The van der Waals surface area contributed by atoms with E-state index in [4.69, 9.17) is 11.6 Å². The van der Waals surface area contributed by atoms with Crippen LogP contribution in [-0.2, 0) is 4.79 Å². The fraction of sp³-hybridized carbons (Fsp3) is 0.500. The van der Waals surface area contributed by atoms with E-state index in [9.17, 15) is 4.79 Å². The number of nitrogen functional groups attached to an aromatic ring is 2. The summed E-state index contributed by atoms with van der Waals surface area (Å²) in [5.41, 5.74) is 7.99. The largest absolute Gasteiger partial charge is 0.368 e. The van der Waals surface area contributed by atoms with Crippen LogP contribution in [0.25, 0.3) is 0 Å². The standard InChI is InChI=1S/C10H19N7O/c1-4-17(6-9(18)16(2)3)8-5-7(15-12)13-10(11)14-8/h5H,4,6,12H2,1-3H3,(H3,11,13,14,15). The lowest BCUT2D eigenvalue weighted by molar-refractivity contribution is -0.127. The Labute approximate surface area is 106 Å². The second-order valence-corrected chi connectivity index (χ2v) is 3.92. The molecule has 8 heteroatoms. The van der Waals surface area contributed by atoms with Gasteiger partial charge in [-0.25, -0.2) is 5.84 Å². The normalized spacial score (nSPS) is 10.0. The highest BCUT2D eigenvalue weighted by atomic mass is 16.2. The Morgan fingerprint density at radius 1 is 1.44 bits per heavy atom. The minimum Gasteiger partial charge on any atom is -0.368 e. The van der Waals surface area contributed by atoms with E-state index in [0.29, 0.717) is 18.2 Å². The molecule has 5 N–H and O–H groups in total. The molecule has 0 aliphatic carbocycles. The van der Waals surface area contributed by atoms with Crippen LogP contribution < -0.4 is 21.9 Å². The van der Waals surface area contributed by atoms with E-state index in [-0.39, 0.29) is 18.4 Å². The van der Waals surface area contributed by atoms with Gasteiger partial charge in [0.2, 0.25) is 11.9 Å². The van der Waals surface area contributed by atoms with Gasteiger partial charge in [0.15, 0.2) is 0 Å². The maximum absolute atomic E-state index is 11.7. The Kier molecular flexibility index (Phi) is 4.67. The van der Waals surface area contributed by atoms with Crippen molar-refractivity contribution in [3.05, 3.63) is 6.07 Å². The van der Waals surface area contributed by atoms with Crippen LogP contribution >= 0.6 is 0 Å². The number of hydrazine groups is 1. The average molecular weight is 253 g/mol. The predicted octanol–water partition coefficient (Wildman–Crippen LogP) is -0.741. The Hall–Kier alpha value is -2.09. The molecule has 0 atom stereocenters. The third-order valence-electron chi connectivity index (χ3n) is 2.41. The number of nitrogens with two attached hydrogens (primary N) is 2. The van der Waals surface area contributed by atoms with Crippen LogP contribution in [0.5, 0.6) is 0 Å². The molecule has 0 saturated carbocycles. The molecule has 1 aromatic rings. The van der Waals surface area contributed by atoms with Gasteiger partial charge in [-0.2, -0.15) is 9.97 Å². The zero-order valence-corrected chi connectivity index (χ0v) is 10.8. The summed E-state index contributed by atoms with van der Waals surface area (Å²) in [6.45, 7) is 2.78. The summed E-state index contributed by atoms with van der Waals surface area (Å²) < 4.78 is 0. The summed E-state index contributed by atoms with van der Waals surface area (Å²) in [5.74, 6) is 6.35. The quantitative estimate of drug-likeness (QED) is 0.467. The van der Waals surface area contributed by atoms with Crippen molar-refractivity contribution in [2.75, 3.05) is 43.2 Å². The van der Waals surface area contributed by atoms with Crippen LogP contribution in [0.1, 0.15) is 6.92 Å². The fourth-order valence-electron chi connectivity index (χ4n) is 1.35. The molecule has 0 radical (unpaired) electrons. The lowest BCUT2D eigenvalue weighted by Gasteiger charge is -2.23. The van der Waals surface area contributed by atoms with Gasteiger partial charge in [0.25, 0.3) is 0 Å². The van der Waals surface area contributed by atoms with Crippen molar-refractivity contribution in [3.8, 4) is 0 Å². The molecule has 0 aliphatic rings. The van der Waals surface area contributed by atoms with E-state index < -0.39 is 0 Å². The molecule has 0 bridgehead atoms. The molecule has 0 aliphatic heterocycles. The number of likely N-dealkylation sites (N-methyl/N-ethyl adjacent to an activating group) is 2. The Balaban J connectivity index is 2.94. The zero-order valence-electron chi connectivity index (χ0n) is 10.8. The van der Waals surface area contributed by atoms with Gasteiger partial charge in [-0.3, -0.25) is 4.79 Å². The number of amides is 1. The molecule has 1 rings (SSSR count). The summed E-state index contributed by atoms with van der Waals surface area (Å²) in [4.78, 5) is 23.0. The van der Waals surface area contributed by atoms with E-state index in [2.05, 4.69) is 15.4 Å². The van der Waals surface area contributed by atoms with Crippen molar-refractivity contribution in [2.24, 2.45) is 5.84 Å². The Morgan fingerprint density at radius 2 is 2.11 bits per heavy atom. The van der Waals surface area contributed by atoms with Gasteiger partial charge < -0.3 is 21.0 Å². The van der Waals surface area contributed by atoms with Crippen molar-refractivity contribution >= 4 is 23.5 Å². The first-order chi connectivity index (χ1) is 8.47. The first-order valence-electron chi connectivity index (χ1n) is 5.54. The fourth-order valence-corrected chi connectivity index (χ4v) is 1.35. The summed E-state index contributed by atoms with van der Waals surface area (Å²) in [6.07, 6.45) is 0. The van der Waals surface area contributed by atoms with Gasteiger partial charge in [0.05, 0.1) is 6.54 Å². The molecule has 8 nitrogen and oxygen atoms in total. The van der Waals surface area contributed by atoms with Crippen molar-refractivity contribution in [2.45, 2.75) is 6.92 Å². The van der Waals surface area contributed by atoms with Gasteiger partial charge in [0, 0.05) is 26.7 Å². The number of rotatable bonds is 5. The molecule has 1 amide bonds. The highest BCUT2D eigenvalue weighted by Crippen LogP contribution is 2.16. The molecule has 0 aromatic carbocycles. The molecule has 100 valence electrons. The highest BCUT2D eigenvalue weighted by Gasteiger charge is 2.14. The minimum atomic E-state index is -0.0173. The van der Waals surface area contributed by atoms with Gasteiger partial charge in [-0.05, 0) is 6.92 Å². The van der Waals surface area contributed by atoms with Gasteiger partial charge >= 0.3 is 0 Å². The summed E-state index contributed by atoms with van der Waals surface area (Å²) in [5, 5.41) is 0. The second kappa shape index (κ2) is 6.01. The van der Waals surface area contributed by atoms with Crippen LogP contribution in [0.3, 0.4) is 0 Å². The number of anilines is 3. The van der Waals surface area contributed by atoms with E-state index >= 15 is 0 Å². The van der Waals surface area contributed by atoms with Gasteiger partial charge in [-0.15, -0.1) is 0 Å². The van der Waals surface area contributed by atoms with Crippen LogP contribution in [0.2, 0.25) is 0 Å². The van der Waals surface area contributed by atoms with Crippen molar-refractivity contribution in [3.63, 3.8) is 0 Å². The number of nitrogens with one attached hydrogen (secondary N) is 1. The van der Waals surface area contributed by atoms with Gasteiger partial charge in [-0.1, -0.05) is 0 Å². The first kappa shape index (κ1) is 14.0. The third-order valence-corrected chi connectivity index (χ3v) is 2.41. The molecule has 0 saturated heterocycles. The molecule has 0 unspecified atom stereocenters. The van der Waals surface area contributed by atoms with E-state index in [1.54, 1.807) is 25.1 Å². The highest BCUT2D eigenvalue weighted by molar-refractivity contribution is 5.80. The lowest BCUT2D eigenvalue weighted by atomic mass is 10.4. The molecule has 1 heterocycles. The molecule has 1 aromatic heterocycles. The van der Waals surface area contributed by atoms with Crippen molar-refractivity contribution < 1.29 is 4.79 Å². The number of hydrogen-bond donors (Lipinski definition) is 3. The van der Waals surface area contributed by atoms with Crippen LogP contribution in [-0.4, -0.2) is 48.0 Å². The average Bonchev–Trinajstić information content (AvgIpc) is 2.34. The Bertz CT molecular complexity index is 421. The van der Waals surface area contributed by atoms with Crippen molar-refractivity contribution in [1.82, 2.24) is 14.9 Å². The maximum atomic E-state index is 11.7. The maximum Gasteiger partial charge on any atom is 0.241 e. The molecular formula is C10H19N7O. The van der Waals surface area contributed by atoms with Gasteiger partial charge in [0.1, 0.15) is 11.6 Å². The second-order valence-electron chi connectivity index (χ2n) is 3.92. The zero-order chi connectivity index (χ0) is 13.7. The van der Waals surface area contributed by atoms with Crippen LogP contribution in [0.4, 0.5) is 17.6 Å².